The van der Waals surface area contributed by atoms with Crippen LogP contribution in [-0.2, 0) is 19.2 Å². The Labute approximate surface area is 286 Å². The monoisotopic (exact) mass is 696 g/mol. The number of benzene rings is 2. The molecule has 0 spiro atoms. The van der Waals surface area contributed by atoms with Crippen LogP contribution in [0.5, 0.6) is 0 Å². The number of rotatable bonds is 4. The van der Waals surface area contributed by atoms with E-state index in [9.17, 15) is 9.90 Å². The minimum absolute atomic E-state index is 0.242. The zero-order chi connectivity index (χ0) is 38.0. The van der Waals surface area contributed by atoms with E-state index in [2.05, 4.69) is 25.2 Å². The number of nitrogens with zero attached hydrogens (tertiary/aromatic N) is 2. The molecule has 0 saturated carbocycles. The number of allylic oxidation sites excluding steroid dienone is 5. The minimum atomic E-state index is -2.47. The minimum Gasteiger partial charge on any atom is -0.545 e. The van der Waals surface area contributed by atoms with Gasteiger partial charge in [0.15, 0.2) is 17.3 Å². The lowest BCUT2D eigenvalue weighted by atomic mass is 9.63. The molecule has 0 unspecified atom stereocenters. The van der Waals surface area contributed by atoms with E-state index in [4.69, 9.17) is 19.2 Å². The summed E-state index contributed by atoms with van der Waals surface area (Å²) in [4.78, 5) is 47.1. The summed E-state index contributed by atoms with van der Waals surface area (Å²) in [6.45, 7) is 15.5. The zero-order valence-corrected chi connectivity index (χ0v) is 31.0. The summed E-state index contributed by atoms with van der Waals surface area (Å²) in [5, 5.41) is 14.5. The molecule has 1 aliphatic heterocycles. The van der Waals surface area contributed by atoms with Crippen LogP contribution >= 0.6 is 0 Å². The van der Waals surface area contributed by atoms with Crippen LogP contribution in [0.15, 0.2) is 47.2 Å². The lowest BCUT2D eigenvalue weighted by molar-refractivity contribution is -0.462. The fourth-order valence-electron chi connectivity index (χ4n) is 7.17. The molecule has 0 N–H and O–H groups in total. The molecule has 1 aliphatic carbocycles. The number of hydrogen-bond donors (Lipinski definition) is 0. The Hall–Kier alpha value is -4.63. The quantitative estimate of drug-likeness (QED) is 0.251. The number of carboxylic acids is 1. The van der Waals surface area contributed by atoms with Gasteiger partial charge in [0.2, 0.25) is 0 Å². The second-order valence-electron chi connectivity index (χ2n) is 15.0. The first kappa shape index (κ1) is 40.5. The number of halogens is 3. The first-order chi connectivity index (χ1) is 22.4. The SMILES string of the molecule is CN(C)c1ccc2c(c1)[Si](C)(C)C1=CC(=[N+](C)C)C=CC1=C2c1c(F)c(C(C(C)(C)C)C(C)(C)C)c(F)c(F)c1C(=O)[O-].O=C=O.O=C=O. The summed E-state index contributed by atoms with van der Waals surface area (Å²) < 4.78 is 51.4. The molecule has 0 radical (unpaired) electrons. The van der Waals surface area contributed by atoms with Crippen molar-refractivity contribution in [3.63, 3.8) is 0 Å². The molecule has 0 saturated heterocycles. The maximum Gasteiger partial charge on any atom is 0.373 e. The smallest absolute Gasteiger partial charge is 0.373 e. The van der Waals surface area contributed by atoms with Gasteiger partial charge in [-0.2, -0.15) is 19.2 Å². The fraction of sp³-hybridized carbons (Fsp3) is 0.405. The average Bonchev–Trinajstić information content (AvgIpc) is 2.96. The van der Waals surface area contributed by atoms with E-state index in [1.54, 1.807) is 0 Å². The van der Waals surface area contributed by atoms with Crippen molar-refractivity contribution in [2.75, 3.05) is 33.1 Å². The molecule has 49 heavy (non-hydrogen) atoms. The van der Waals surface area contributed by atoms with Crippen molar-refractivity contribution in [1.29, 1.82) is 0 Å². The summed E-state index contributed by atoms with van der Waals surface area (Å²) in [5.41, 5.74) is -0.0305. The molecular formula is C37H43F3N2O6Si. The zero-order valence-electron chi connectivity index (χ0n) is 30.0. The molecule has 2 aliphatic rings. The lowest BCUT2D eigenvalue weighted by Crippen LogP contribution is -2.50. The highest BCUT2D eigenvalue weighted by molar-refractivity contribution is 6.98. The first-order valence-electron chi connectivity index (χ1n) is 15.4. The molecule has 2 aromatic rings. The Balaban J connectivity index is 0.00000129. The van der Waals surface area contributed by atoms with Crippen molar-refractivity contribution in [1.82, 2.24) is 0 Å². The molecule has 262 valence electrons. The van der Waals surface area contributed by atoms with E-state index in [-0.39, 0.29) is 17.9 Å². The number of anilines is 1. The van der Waals surface area contributed by atoms with Gasteiger partial charge in [0, 0.05) is 48.6 Å². The summed E-state index contributed by atoms with van der Waals surface area (Å²) in [5.74, 6) is -6.89. The molecular weight excluding hydrogens is 653 g/mol. The second-order valence-corrected chi connectivity index (χ2v) is 19.3. The van der Waals surface area contributed by atoms with Crippen molar-refractivity contribution in [3.05, 3.63) is 86.9 Å². The molecule has 2 aromatic carbocycles. The van der Waals surface area contributed by atoms with Crippen LogP contribution in [0, 0.1) is 28.3 Å². The van der Waals surface area contributed by atoms with Gasteiger partial charge in [-0.15, -0.1) is 0 Å². The normalized spacial score (nSPS) is 14.6. The number of carbonyl (C=O) groups is 1. The van der Waals surface area contributed by atoms with Crippen LogP contribution in [0.3, 0.4) is 0 Å². The summed E-state index contributed by atoms with van der Waals surface area (Å²) >= 11 is 0. The molecule has 4 rings (SSSR count). The number of hydrogen-bond acceptors (Lipinski definition) is 7. The highest BCUT2D eigenvalue weighted by Gasteiger charge is 2.45. The number of fused-ring (bicyclic) bond motifs is 2. The third kappa shape index (κ3) is 7.83. The molecule has 12 heteroatoms. The van der Waals surface area contributed by atoms with Crippen LogP contribution < -0.4 is 15.2 Å². The highest BCUT2D eigenvalue weighted by Crippen LogP contribution is 2.52. The Morgan fingerprint density at radius 2 is 1.39 bits per heavy atom. The third-order valence-electron chi connectivity index (χ3n) is 8.75. The van der Waals surface area contributed by atoms with Crippen LogP contribution in [0.1, 0.15) is 74.5 Å². The fourth-order valence-corrected chi connectivity index (χ4v) is 10.2. The Bertz CT molecular complexity index is 1830. The predicted molar refractivity (Wildman–Crippen MR) is 181 cm³/mol. The molecule has 0 aromatic heterocycles. The third-order valence-corrected chi connectivity index (χ3v) is 12.3. The molecule has 0 fully saturated rings. The Morgan fingerprint density at radius 1 is 0.878 bits per heavy atom. The highest BCUT2D eigenvalue weighted by atomic mass is 28.3. The largest absolute Gasteiger partial charge is 0.545 e. The van der Waals surface area contributed by atoms with Gasteiger partial charge in [0.05, 0.1) is 5.97 Å². The molecule has 8 nitrogen and oxygen atoms in total. The van der Waals surface area contributed by atoms with Gasteiger partial charge >= 0.3 is 12.3 Å². The maximum absolute atomic E-state index is 17.3. The molecule has 0 bridgehead atoms. The summed E-state index contributed by atoms with van der Waals surface area (Å²) in [6, 6.07) is 5.78. The van der Waals surface area contributed by atoms with E-state index in [0.29, 0.717) is 11.1 Å². The van der Waals surface area contributed by atoms with Crippen molar-refractivity contribution < 1.29 is 46.8 Å². The summed E-state index contributed by atoms with van der Waals surface area (Å²) in [7, 11) is 5.24. The van der Waals surface area contributed by atoms with Gasteiger partial charge < -0.3 is 14.8 Å². The number of carbonyl (C=O) groups excluding carboxylic acids is 5. The van der Waals surface area contributed by atoms with E-state index < -0.39 is 64.9 Å². The first-order valence-corrected chi connectivity index (χ1v) is 18.4. The Morgan fingerprint density at radius 3 is 1.82 bits per heavy atom. The van der Waals surface area contributed by atoms with E-state index in [1.165, 1.54) is 0 Å². The number of aromatic carboxylic acids is 1. The lowest BCUT2D eigenvalue weighted by Gasteiger charge is -2.42. The van der Waals surface area contributed by atoms with Crippen LogP contribution in [0.25, 0.3) is 5.57 Å². The Kier molecular flexibility index (Phi) is 12.3. The van der Waals surface area contributed by atoms with Crippen LogP contribution in [0.4, 0.5) is 18.9 Å². The molecule has 0 amide bonds. The van der Waals surface area contributed by atoms with Crippen molar-refractivity contribution >= 4 is 48.5 Å². The van der Waals surface area contributed by atoms with Gasteiger partial charge in [-0.3, -0.25) is 0 Å². The van der Waals surface area contributed by atoms with E-state index in [0.717, 1.165) is 21.8 Å². The van der Waals surface area contributed by atoms with Crippen LogP contribution in [-0.4, -0.2) is 64.8 Å². The maximum atomic E-state index is 17.3. The van der Waals surface area contributed by atoms with Crippen molar-refractivity contribution in [2.45, 2.75) is 60.6 Å². The van der Waals surface area contributed by atoms with Gasteiger partial charge in [-0.1, -0.05) is 60.7 Å². The predicted octanol–water partition coefficient (Wildman–Crippen LogP) is 5.02. The molecule has 0 atom stereocenters. The van der Waals surface area contributed by atoms with Crippen LogP contribution in [0.2, 0.25) is 13.1 Å². The van der Waals surface area contributed by atoms with Crippen molar-refractivity contribution in [2.24, 2.45) is 10.8 Å². The molecule has 1 heterocycles. The van der Waals surface area contributed by atoms with E-state index in [1.807, 2.05) is 103 Å². The topological polar surface area (TPSA) is 115 Å². The van der Waals surface area contributed by atoms with Gasteiger partial charge in [0.25, 0.3) is 0 Å². The number of carboxylic acid groups (broad SMARTS) is 1. The van der Waals surface area contributed by atoms with Gasteiger partial charge in [-0.05, 0) is 62.0 Å². The standard InChI is InChI=1S/C35H43F3N2O2Si.2CO2/c1-34(2,3)32(35(4,5)6)28-29(36)26(27(33(41)42)30(37)31(28)38)25-21-15-13-19(39(7)8)17-23(21)43(11,12)24-18-20(40(9)10)14-16-22(24)25;2*2-1-3/h13-18,32H,1-12H3;;. The van der Waals surface area contributed by atoms with E-state index >= 15 is 13.2 Å². The van der Waals surface area contributed by atoms with Gasteiger partial charge in [0.1, 0.15) is 28.0 Å². The second kappa shape index (κ2) is 14.9. The summed E-state index contributed by atoms with van der Waals surface area (Å²) in [6.07, 6.45) is 6.28. The van der Waals surface area contributed by atoms with Gasteiger partial charge in [-0.25, -0.2) is 17.7 Å². The van der Waals surface area contributed by atoms with Crippen molar-refractivity contribution in [3.8, 4) is 0 Å². The average molecular weight is 697 g/mol.